The number of hydrogen-bond acceptors (Lipinski definition) is 4. The largest absolute Gasteiger partial charge is 0.505 e. The maximum absolute atomic E-state index is 11.9. The lowest BCUT2D eigenvalue weighted by molar-refractivity contribution is 0.480. The second kappa shape index (κ2) is 4.61. The van der Waals surface area contributed by atoms with Crippen LogP contribution in [-0.2, 0) is 0 Å². The Labute approximate surface area is 120 Å². The fourth-order valence-corrected chi connectivity index (χ4v) is 2.57. The highest BCUT2D eigenvalue weighted by atomic mass is 79.9. The van der Waals surface area contributed by atoms with Gasteiger partial charge < -0.3 is 5.11 Å². The monoisotopic (exact) mass is 333 g/mol. The fourth-order valence-electron chi connectivity index (χ4n) is 2.01. The fraction of sp³-hybridized carbons (Fsp3) is 0. The summed E-state index contributed by atoms with van der Waals surface area (Å²) in [5.74, 6) is -0.318. The Hall–Kier alpha value is -2.41. The number of aromatic hydroxyl groups is 1. The van der Waals surface area contributed by atoms with Crippen LogP contribution in [0.1, 0.15) is 0 Å². The number of aromatic amines is 2. The number of rotatable bonds is 1. The van der Waals surface area contributed by atoms with Crippen LogP contribution in [0.5, 0.6) is 5.75 Å². The van der Waals surface area contributed by atoms with Crippen LogP contribution in [0, 0.1) is 0 Å². The zero-order valence-electron chi connectivity index (χ0n) is 9.98. The standard InChI is InChI=1S/C13H8BrN3O3/c14-11-8-7(12(19)16-17-13(8)20)10(18)9(15-11)6-4-2-1-3-5-6/h1-5,18H,(H,16,19)(H,17,20). The molecule has 0 atom stereocenters. The van der Waals surface area contributed by atoms with Gasteiger partial charge in [-0.2, -0.15) is 0 Å². The zero-order chi connectivity index (χ0) is 14.3. The van der Waals surface area contributed by atoms with E-state index in [2.05, 4.69) is 31.1 Å². The number of benzene rings is 1. The van der Waals surface area contributed by atoms with Crippen LogP contribution in [-0.4, -0.2) is 20.3 Å². The molecule has 0 aliphatic rings. The molecule has 2 heterocycles. The number of pyridine rings is 1. The highest BCUT2D eigenvalue weighted by Crippen LogP contribution is 2.34. The van der Waals surface area contributed by atoms with Gasteiger partial charge in [0, 0.05) is 5.56 Å². The third-order valence-electron chi connectivity index (χ3n) is 2.92. The second-order valence-corrected chi connectivity index (χ2v) is 4.88. The average Bonchev–Trinajstić information content (AvgIpc) is 2.46. The molecule has 2 aromatic heterocycles. The lowest BCUT2D eigenvalue weighted by Gasteiger charge is -2.07. The van der Waals surface area contributed by atoms with Gasteiger partial charge in [-0.15, -0.1) is 0 Å². The number of hydrogen-bond donors (Lipinski definition) is 3. The molecule has 0 bridgehead atoms. The normalized spacial score (nSPS) is 10.8. The van der Waals surface area contributed by atoms with Gasteiger partial charge in [0.05, 0.1) is 5.39 Å². The number of halogens is 1. The first-order valence-electron chi connectivity index (χ1n) is 5.68. The van der Waals surface area contributed by atoms with Gasteiger partial charge in [0.15, 0.2) is 5.75 Å². The van der Waals surface area contributed by atoms with Crippen LogP contribution in [0.25, 0.3) is 22.0 Å². The summed E-state index contributed by atoms with van der Waals surface area (Å²) in [6.45, 7) is 0. The van der Waals surface area contributed by atoms with Crippen molar-refractivity contribution in [3.63, 3.8) is 0 Å². The molecule has 3 N–H and O–H groups in total. The van der Waals surface area contributed by atoms with Crippen molar-refractivity contribution in [1.82, 2.24) is 15.2 Å². The molecule has 3 aromatic rings. The summed E-state index contributed by atoms with van der Waals surface area (Å²) in [5.41, 5.74) is -0.236. The summed E-state index contributed by atoms with van der Waals surface area (Å²) in [6, 6.07) is 8.91. The molecule has 0 saturated carbocycles. The van der Waals surface area contributed by atoms with E-state index in [4.69, 9.17) is 0 Å². The van der Waals surface area contributed by atoms with Gasteiger partial charge in [0.25, 0.3) is 11.1 Å². The third kappa shape index (κ3) is 1.83. The summed E-state index contributed by atoms with van der Waals surface area (Å²) in [7, 11) is 0. The predicted molar refractivity (Wildman–Crippen MR) is 77.8 cm³/mol. The first-order chi connectivity index (χ1) is 9.59. The Bertz CT molecular complexity index is 916. The molecule has 0 fully saturated rings. The van der Waals surface area contributed by atoms with Crippen LogP contribution >= 0.6 is 15.9 Å². The molecule has 0 amide bonds. The zero-order valence-corrected chi connectivity index (χ0v) is 11.6. The van der Waals surface area contributed by atoms with Crippen LogP contribution in [0.2, 0.25) is 0 Å². The minimum Gasteiger partial charge on any atom is -0.505 e. The Morgan fingerprint density at radius 3 is 2.25 bits per heavy atom. The van der Waals surface area contributed by atoms with Crippen molar-refractivity contribution in [2.24, 2.45) is 0 Å². The van der Waals surface area contributed by atoms with Crippen LogP contribution in [0.15, 0.2) is 44.5 Å². The number of H-pyrrole nitrogens is 2. The molecule has 1 aromatic carbocycles. The topological polar surface area (TPSA) is 98.8 Å². The maximum atomic E-state index is 11.9. The number of nitrogens with one attached hydrogen (secondary N) is 2. The Morgan fingerprint density at radius 2 is 1.60 bits per heavy atom. The van der Waals surface area contributed by atoms with E-state index < -0.39 is 11.1 Å². The van der Waals surface area contributed by atoms with E-state index in [1.165, 1.54) is 0 Å². The molecule has 0 unspecified atom stereocenters. The molecular formula is C13H8BrN3O3. The molecular weight excluding hydrogens is 326 g/mol. The van der Waals surface area contributed by atoms with E-state index in [1.54, 1.807) is 24.3 Å². The van der Waals surface area contributed by atoms with Gasteiger partial charge in [-0.25, -0.2) is 4.98 Å². The molecule has 3 rings (SSSR count). The Kier molecular flexibility index (Phi) is 2.90. The highest BCUT2D eigenvalue weighted by molar-refractivity contribution is 9.10. The van der Waals surface area contributed by atoms with Crippen molar-refractivity contribution in [2.45, 2.75) is 0 Å². The van der Waals surface area contributed by atoms with Crippen molar-refractivity contribution < 1.29 is 5.11 Å². The van der Waals surface area contributed by atoms with Gasteiger partial charge in [0.1, 0.15) is 15.7 Å². The molecule has 20 heavy (non-hydrogen) atoms. The minimum absolute atomic E-state index is 0.0194. The van der Waals surface area contributed by atoms with Gasteiger partial charge in [-0.1, -0.05) is 30.3 Å². The van der Waals surface area contributed by atoms with E-state index in [0.717, 1.165) is 0 Å². The second-order valence-electron chi connectivity index (χ2n) is 4.12. The maximum Gasteiger partial charge on any atom is 0.274 e. The van der Waals surface area contributed by atoms with Gasteiger partial charge in [0.2, 0.25) is 0 Å². The van der Waals surface area contributed by atoms with Crippen LogP contribution in [0.3, 0.4) is 0 Å². The van der Waals surface area contributed by atoms with Gasteiger partial charge >= 0.3 is 0 Å². The molecule has 0 aliphatic heterocycles. The highest BCUT2D eigenvalue weighted by Gasteiger charge is 2.18. The van der Waals surface area contributed by atoms with E-state index >= 15 is 0 Å². The lowest BCUT2D eigenvalue weighted by Crippen LogP contribution is -2.20. The van der Waals surface area contributed by atoms with Crippen molar-refractivity contribution in [3.8, 4) is 17.0 Å². The smallest absolute Gasteiger partial charge is 0.274 e. The summed E-state index contributed by atoms with van der Waals surface area (Å²) in [5, 5.41) is 14.6. The van der Waals surface area contributed by atoms with Crippen molar-refractivity contribution in [3.05, 3.63) is 55.6 Å². The predicted octanol–water partition coefficient (Wildman–Crippen LogP) is 1.75. The first kappa shape index (κ1) is 12.6. The Morgan fingerprint density at radius 1 is 1.00 bits per heavy atom. The van der Waals surface area contributed by atoms with Gasteiger partial charge in [-0.05, 0) is 15.9 Å². The summed E-state index contributed by atoms with van der Waals surface area (Å²) in [6.07, 6.45) is 0. The molecule has 0 saturated heterocycles. The number of aromatic nitrogens is 3. The van der Waals surface area contributed by atoms with Crippen LogP contribution < -0.4 is 11.1 Å². The molecule has 0 radical (unpaired) electrons. The summed E-state index contributed by atoms with van der Waals surface area (Å²) >= 11 is 3.17. The van der Waals surface area contributed by atoms with Crippen molar-refractivity contribution in [1.29, 1.82) is 0 Å². The third-order valence-corrected chi connectivity index (χ3v) is 3.49. The molecule has 100 valence electrons. The Balaban J connectivity index is 2.50. The van der Waals surface area contributed by atoms with E-state index in [1.807, 2.05) is 6.07 Å². The lowest BCUT2D eigenvalue weighted by atomic mass is 10.1. The van der Waals surface area contributed by atoms with E-state index in [0.29, 0.717) is 5.56 Å². The SMILES string of the molecule is O=c1[nH][nH]c(=O)c2c(O)c(-c3ccccc3)nc(Br)c12. The summed E-state index contributed by atoms with van der Waals surface area (Å²) in [4.78, 5) is 27.8. The van der Waals surface area contributed by atoms with Crippen molar-refractivity contribution in [2.75, 3.05) is 0 Å². The molecule has 7 heteroatoms. The molecule has 6 nitrogen and oxygen atoms in total. The average molecular weight is 334 g/mol. The van der Waals surface area contributed by atoms with Crippen molar-refractivity contribution >= 4 is 26.7 Å². The van der Waals surface area contributed by atoms with E-state index in [-0.39, 0.29) is 26.8 Å². The first-order valence-corrected chi connectivity index (χ1v) is 6.47. The van der Waals surface area contributed by atoms with Crippen LogP contribution in [0.4, 0.5) is 0 Å². The number of fused-ring (bicyclic) bond motifs is 1. The van der Waals surface area contributed by atoms with Gasteiger partial charge in [-0.3, -0.25) is 19.8 Å². The summed E-state index contributed by atoms with van der Waals surface area (Å²) < 4.78 is 0.205. The van der Waals surface area contributed by atoms with E-state index in [9.17, 15) is 14.7 Å². The number of nitrogens with zero attached hydrogens (tertiary/aromatic N) is 1. The molecule has 0 aliphatic carbocycles. The minimum atomic E-state index is -0.586. The quantitative estimate of drug-likeness (QED) is 0.591. The molecule has 0 spiro atoms.